The second-order valence-corrected chi connectivity index (χ2v) is 5.59. The molecule has 0 heterocycles. The summed E-state index contributed by atoms with van der Waals surface area (Å²) in [6, 6.07) is 5.81. The van der Waals surface area contributed by atoms with Crippen molar-refractivity contribution < 1.29 is 9.90 Å². The zero-order valence-corrected chi connectivity index (χ0v) is 11.3. The predicted octanol–water partition coefficient (Wildman–Crippen LogP) is 3.57. The molecular formula is C16H22O2. The number of rotatable bonds is 2. The summed E-state index contributed by atoms with van der Waals surface area (Å²) in [6.45, 7) is 3.96. The minimum Gasteiger partial charge on any atom is -0.382 e. The van der Waals surface area contributed by atoms with Crippen LogP contribution in [0.3, 0.4) is 0 Å². The van der Waals surface area contributed by atoms with Crippen molar-refractivity contribution >= 4 is 5.78 Å². The lowest BCUT2D eigenvalue weighted by Crippen LogP contribution is -2.38. The van der Waals surface area contributed by atoms with Gasteiger partial charge in [0.05, 0.1) is 0 Å². The van der Waals surface area contributed by atoms with Gasteiger partial charge in [0.15, 0.2) is 5.78 Å². The summed E-state index contributed by atoms with van der Waals surface area (Å²) in [7, 11) is 0. The molecule has 1 N–H and O–H groups in total. The zero-order chi connectivity index (χ0) is 13.2. The van der Waals surface area contributed by atoms with E-state index in [1.54, 1.807) is 0 Å². The Labute approximate surface area is 109 Å². The van der Waals surface area contributed by atoms with Crippen LogP contribution in [0.15, 0.2) is 18.2 Å². The van der Waals surface area contributed by atoms with Gasteiger partial charge in [-0.2, -0.15) is 0 Å². The molecule has 1 fully saturated rings. The van der Waals surface area contributed by atoms with Crippen LogP contribution in [0.4, 0.5) is 0 Å². The van der Waals surface area contributed by atoms with Gasteiger partial charge in [0.25, 0.3) is 0 Å². The fourth-order valence-electron chi connectivity index (χ4n) is 2.86. The summed E-state index contributed by atoms with van der Waals surface area (Å²) in [5.74, 6) is -0.0816. The van der Waals surface area contributed by atoms with Gasteiger partial charge in [-0.15, -0.1) is 0 Å². The van der Waals surface area contributed by atoms with Crippen LogP contribution >= 0.6 is 0 Å². The average molecular weight is 246 g/mol. The van der Waals surface area contributed by atoms with E-state index in [0.717, 1.165) is 36.8 Å². The number of Topliss-reactive ketones (excluding diaryl/α,β-unsaturated/α-hetero) is 1. The van der Waals surface area contributed by atoms with Crippen LogP contribution < -0.4 is 0 Å². The van der Waals surface area contributed by atoms with E-state index in [9.17, 15) is 9.90 Å². The fourth-order valence-corrected chi connectivity index (χ4v) is 2.86. The highest BCUT2D eigenvalue weighted by Gasteiger charge is 2.37. The number of hydrogen-bond acceptors (Lipinski definition) is 2. The maximum Gasteiger partial charge on any atom is 0.194 e. The number of aliphatic hydroxyl groups is 1. The Kier molecular flexibility index (Phi) is 3.86. The average Bonchev–Trinajstić information content (AvgIpc) is 2.54. The third kappa shape index (κ3) is 2.64. The number of hydrogen-bond donors (Lipinski definition) is 1. The van der Waals surface area contributed by atoms with Gasteiger partial charge in [-0.25, -0.2) is 0 Å². The van der Waals surface area contributed by atoms with Gasteiger partial charge in [0.1, 0.15) is 5.60 Å². The summed E-state index contributed by atoms with van der Waals surface area (Å²) in [5.41, 5.74) is 1.68. The number of carbonyl (C=O) groups is 1. The molecule has 98 valence electrons. The third-order valence-corrected chi connectivity index (χ3v) is 3.98. The van der Waals surface area contributed by atoms with E-state index in [-0.39, 0.29) is 5.78 Å². The monoisotopic (exact) mass is 246 g/mol. The van der Waals surface area contributed by atoms with Gasteiger partial charge in [-0.3, -0.25) is 4.79 Å². The summed E-state index contributed by atoms with van der Waals surface area (Å²) >= 11 is 0. The van der Waals surface area contributed by atoms with Crippen molar-refractivity contribution in [1.82, 2.24) is 0 Å². The maximum atomic E-state index is 12.6. The Morgan fingerprint density at radius 2 is 1.72 bits per heavy atom. The molecule has 0 amide bonds. The summed E-state index contributed by atoms with van der Waals surface area (Å²) in [5, 5.41) is 10.6. The van der Waals surface area contributed by atoms with Crippen molar-refractivity contribution in [3.63, 3.8) is 0 Å². The standard InChI is InChI=1S/C16H22O2/c1-12-7-8-14(13(2)11-12)15(17)16(18)9-5-3-4-6-10-16/h7-8,11,18H,3-6,9-10H2,1-2H3. The van der Waals surface area contributed by atoms with Gasteiger partial charge in [-0.1, -0.05) is 49.4 Å². The molecular weight excluding hydrogens is 224 g/mol. The Bertz CT molecular complexity index is 440. The van der Waals surface area contributed by atoms with E-state index in [1.165, 1.54) is 0 Å². The van der Waals surface area contributed by atoms with Gasteiger partial charge in [0.2, 0.25) is 0 Å². The number of aryl methyl sites for hydroxylation is 2. The highest BCUT2D eigenvalue weighted by Crippen LogP contribution is 2.31. The molecule has 0 bridgehead atoms. The Morgan fingerprint density at radius 1 is 1.11 bits per heavy atom. The molecule has 2 nitrogen and oxygen atoms in total. The van der Waals surface area contributed by atoms with Crippen LogP contribution in [0.25, 0.3) is 0 Å². The molecule has 1 aromatic rings. The Morgan fingerprint density at radius 3 is 2.28 bits per heavy atom. The zero-order valence-electron chi connectivity index (χ0n) is 11.3. The van der Waals surface area contributed by atoms with E-state index in [1.807, 2.05) is 32.0 Å². The molecule has 1 aromatic carbocycles. The SMILES string of the molecule is Cc1ccc(C(=O)C2(O)CCCCCC2)c(C)c1. The molecule has 0 saturated heterocycles. The summed E-state index contributed by atoms with van der Waals surface area (Å²) in [4.78, 5) is 12.6. The molecule has 1 aliphatic rings. The van der Waals surface area contributed by atoms with E-state index < -0.39 is 5.60 Å². The molecule has 0 aromatic heterocycles. The number of carbonyl (C=O) groups excluding carboxylic acids is 1. The van der Waals surface area contributed by atoms with E-state index in [0.29, 0.717) is 18.4 Å². The smallest absolute Gasteiger partial charge is 0.194 e. The van der Waals surface area contributed by atoms with Gasteiger partial charge in [0, 0.05) is 5.56 Å². The van der Waals surface area contributed by atoms with Gasteiger partial charge >= 0.3 is 0 Å². The highest BCUT2D eigenvalue weighted by molar-refractivity contribution is 6.03. The first-order valence-electron chi connectivity index (χ1n) is 6.87. The van der Waals surface area contributed by atoms with E-state index in [2.05, 4.69) is 0 Å². The number of ketones is 1. The molecule has 0 spiro atoms. The summed E-state index contributed by atoms with van der Waals surface area (Å²) < 4.78 is 0. The lowest BCUT2D eigenvalue weighted by molar-refractivity contribution is 0.0237. The van der Waals surface area contributed by atoms with Gasteiger partial charge in [-0.05, 0) is 32.3 Å². The van der Waals surface area contributed by atoms with Crippen molar-refractivity contribution in [2.75, 3.05) is 0 Å². The van der Waals surface area contributed by atoms with Crippen LogP contribution in [0.1, 0.15) is 60.0 Å². The van der Waals surface area contributed by atoms with Crippen LogP contribution in [-0.2, 0) is 0 Å². The van der Waals surface area contributed by atoms with Crippen LogP contribution in [0, 0.1) is 13.8 Å². The minimum absolute atomic E-state index is 0.0816. The third-order valence-electron chi connectivity index (χ3n) is 3.98. The molecule has 0 unspecified atom stereocenters. The van der Waals surface area contributed by atoms with Crippen molar-refractivity contribution in [3.8, 4) is 0 Å². The van der Waals surface area contributed by atoms with E-state index >= 15 is 0 Å². The first-order valence-corrected chi connectivity index (χ1v) is 6.87. The fraction of sp³-hybridized carbons (Fsp3) is 0.562. The Hall–Kier alpha value is -1.15. The maximum absolute atomic E-state index is 12.6. The molecule has 0 atom stereocenters. The largest absolute Gasteiger partial charge is 0.382 e. The second kappa shape index (κ2) is 5.23. The van der Waals surface area contributed by atoms with Gasteiger partial charge < -0.3 is 5.11 Å². The first kappa shape index (κ1) is 13.3. The number of benzene rings is 1. The quantitative estimate of drug-likeness (QED) is 0.640. The molecule has 2 heteroatoms. The molecule has 1 aliphatic carbocycles. The predicted molar refractivity (Wildman–Crippen MR) is 72.9 cm³/mol. The van der Waals surface area contributed by atoms with Crippen LogP contribution in [0.2, 0.25) is 0 Å². The minimum atomic E-state index is -1.13. The summed E-state index contributed by atoms with van der Waals surface area (Å²) in [6.07, 6.45) is 5.38. The first-order chi connectivity index (χ1) is 8.53. The molecule has 2 rings (SSSR count). The van der Waals surface area contributed by atoms with Crippen molar-refractivity contribution in [1.29, 1.82) is 0 Å². The Balaban J connectivity index is 2.29. The lowest BCUT2D eigenvalue weighted by atomic mass is 9.84. The molecule has 0 aliphatic heterocycles. The van der Waals surface area contributed by atoms with Crippen LogP contribution in [0.5, 0.6) is 0 Å². The molecule has 18 heavy (non-hydrogen) atoms. The van der Waals surface area contributed by atoms with Crippen LogP contribution in [-0.4, -0.2) is 16.5 Å². The lowest BCUT2D eigenvalue weighted by Gasteiger charge is -2.25. The van der Waals surface area contributed by atoms with Crippen molar-refractivity contribution in [2.45, 2.75) is 58.0 Å². The normalized spacial score (nSPS) is 19.3. The highest BCUT2D eigenvalue weighted by atomic mass is 16.3. The van der Waals surface area contributed by atoms with E-state index in [4.69, 9.17) is 0 Å². The molecule has 1 saturated carbocycles. The van der Waals surface area contributed by atoms with Crippen molar-refractivity contribution in [3.05, 3.63) is 34.9 Å². The topological polar surface area (TPSA) is 37.3 Å². The molecule has 0 radical (unpaired) electrons. The second-order valence-electron chi connectivity index (χ2n) is 5.59. The van der Waals surface area contributed by atoms with Crippen molar-refractivity contribution in [2.24, 2.45) is 0 Å².